The largest absolute Gasteiger partial charge is 0.507 e. The van der Waals surface area contributed by atoms with E-state index in [2.05, 4.69) is 126 Å². The number of pyridine rings is 1. The number of fused-ring (bicyclic) bond motifs is 2. The summed E-state index contributed by atoms with van der Waals surface area (Å²) in [5, 5.41) is 14.6. The summed E-state index contributed by atoms with van der Waals surface area (Å²) in [6, 6.07) is 36.4. The van der Waals surface area contributed by atoms with Crippen molar-refractivity contribution in [2.75, 3.05) is 0 Å². The minimum Gasteiger partial charge on any atom is -0.507 e. The Bertz CT molecular complexity index is 3580. The topological polar surface area (TPSA) is 50.9 Å². The minimum absolute atomic E-state index is 0. The molecule has 0 fully saturated rings. The number of phenols is 1. The van der Waals surface area contributed by atoms with Gasteiger partial charge in [0.25, 0.3) is 0 Å². The molecule has 9 aromatic rings. The Morgan fingerprint density at radius 3 is 2.00 bits per heavy atom. The summed E-state index contributed by atoms with van der Waals surface area (Å²) in [6.07, 6.45) is -0.523. The van der Waals surface area contributed by atoms with Gasteiger partial charge in [-0.15, -0.1) is 29.3 Å². The molecule has 0 radical (unpaired) electrons. The van der Waals surface area contributed by atoms with Crippen LogP contribution in [-0.4, -0.2) is 19.6 Å². The number of rotatable bonds is 6. The van der Waals surface area contributed by atoms with Crippen LogP contribution in [0.3, 0.4) is 0 Å². The van der Waals surface area contributed by atoms with E-state index in [9.17, 15) is 6.48 Å². The van der Waals surface area contributed by atoms with Gasteiger partial charge in [-0.2, -0.15) is 0 Å². The van der Waals surface area contributed by atoms with Crippen molar-refractivity contribution < 1.29 is 37.1 Å². The fourth-order valence-electron chi connectivity index (χ4n) is 8.10. The number of benzene rings is 7. The molecule has 0 aliphatic rings. The zero-order valence-corrected chi connectivity index (χ0v) is 39.3. The first kappa shape index (κ1) is 34.4. The smallest absolute Gasteiger partial charge is 0.148 e. The van der Waals surface area contributed by atoms with Gasteiger partial charge in [0.15, 0.2) is 0 Å². The van der Waals surface area contributed by atoms with Crippen LogP contribution in [0.2, 0.25) is 0 Å². The molecule has 0 aliphatic carbocycles. The average molecular weight is 1010 g/mol. The standard InChI is InChI=1S/C58H54N3O.Pt/c1-56(2,3)43-32-41(31-42(33-43)50-34-40(29-30-59-50)37-19-12-10-13-20-37)45-25-18-26-51-52(45)60-55(48-35-44(57(4,5)6)36-49(54(48)62)58(7,8)9)61(51)53-46-24-17-16-23-39(46)27-28-47(53)38-21-14-11-15-22-38;/h10-30,32-36,62H,1-9H3;/q-1;/i10D,12D,13D,19D,20D,29D,30D,34D;. The molecule has 0 spiro atoms. The third-order valence-corrected chi connectivity index (χ3v) is 11.5. The maximum Gasteiger partial charge on any atom is 0.148 e. The van der Waals surface area contributed by atoms with Crippen LogP contribution >= 0.6 is 0 Å². The molecule has 0 saturated heterocycles. The van der Waals surface area contributed by atoms with E-state index in [1.54, 1.807) is 0 Å². The Balaban J connectivity index is 0.00000676. The summed E-state index contributed by atoms with van der Waals surface area (Å²) >= 11 is 0. The molecule has 63 heavy (non-hydrogen) atoms. The van der Waals surface area contributed by atoms with Crippen LogP contribution in [-0.2, 0) is 37.3 Å². The quantitative estimate of drug-likeness (QED) is 0.169. The van der Waals surface area contributed by atoms with Gasteiger partial charge in [0, 0.05) is 49.4 Å². The van der Waals surface area contributed by atoms with Crippen molar-refractivity contribution in [3.8, 4) is 67.5 Å². The van der Waals surface area contributed by atoms with Crippen molar-refractivity contribution in [3.05, 3.63) is 180 Å². The molecular formula is C58H54N3OPt-. The predicted octanol–water partition coefficient (Wildman–Crippen LogP) is 15.3. The SMILES string of the molecule is [2H]c1nc(-c2[c-]c(-c3cccc4c3nc(-c3cc(C(C)(C)C)cc(C(C)(C)C)c3O)n4-c3c(-c4ccccc4)ccc4ccccc34)cc(C(C)(C)C)c2)c([2H])c(-c2c([2H])c([2H])c([2H])c([2H])c2[2H])c1[2H].[Pt]. The molecule has 318 valence electrons. The number of nitrogens with zero attached hydrogens (tertiary/aromatic N) is 3. The first-order valence-corrected chi connectivity index (χ1v) is 21.0. The zero-order chi connectivity index (χ0) is 50.5. The van der Waals surface area contributed by atoms with Gasteiger partial charge in [0.05, 0.1) is 33.3 Å². The molecule has 0 amide bonds. The van der Waals surface area contributed by atoms with Gasteiger partial charge in [-0.1, -0.05) is 195 Å². The molecular weight excluding hydrogens is 950 g/mol. The maximum absolute atomic E-state index is 12.6. The van der Waals surface area contributed by atoms with Gasteiger partial charge in [-0.3, -0.25) is 9.55 Å². The van der Waals surface area contributed by atoms with E-state index in [4.69, 9.17) is 14.6 Å². The minimum atomic E-state index is -0.609. The van der Waals surface area contributed by atoms with Crippen LogP contribution in [0.4, 0.5) is 0 Å². The monoisotopic (exact) mass is 1010 g/mol. The van der Waals surface area contributed by atoms with Crippen molar-refractivity contribution in [2.45, 2.75) is 78.6 Å². The van der Waals surface area contributed by atoms with Crippen molar-refractivity contribution in [1.29, 1.82) is 0 Å². The molecule has 0 bridgehead atoms. The summed E-state index contributed by atoms with van der Waals surface area (Å²) in [6.45, 7) is 19.0. The molecule has 1 N–H and O–H groups in total. The van der Waals surface area contributed by atoms with E-state index >= 15 is 0 Å². The molecule has 5 heteroatoms. The van der Waals surface area contributed by atoms with E-state index in [1.807, 2.05) is 60.7 Å². The van der Waals surface area contributed by atoms with Crippen molar-refractivity contribution in [3.63, 3.8) is 0 Å². The summed E-state index contributed by atoms with van der Waals surface area (Å²) in [5.74, 6) is 0.664. The van der Waals surface area contributed by atoms with E-state index in [1.165, 1.54) is 0 Å². The van der Waals surface area contributed by atoms with E-state index in [0.29, 0.717) is 33.6 Å². The Morgan fingerprint density at radius 2 is 1.29 bits per heavy atom. The van der Waals surface area contributed by atoms with Gasteiger partial charge in [-0.05, 0) is 62.1 Å². The zero-order valence-electron chi connectivity index (χ0n) is 45.0. The molecule has 0 unspecified atom stereocenters. The van der Waals surface area contributed by atoms with E-state index in [-0.39, 0.29) is 55.1 Å². The normalized spacial score (nSPS) is 13.9. The number of aromatic nitrogens is 3. The number of para-hydroxylation sites is 1. The predicted molar refractivity (Wildman–Crippen MR) is 260 cm³/mol. The molecule has 9 rings (SSSR count). The van der Waals surface area contributed by atoms with Crippen LogP contribution in [0.1, 0.15) is 90.0 Å². The second kappa shape index (κ2) is 16.6. The van der Waals surface area contributed by atoms with Crippen molar-refractivity contribution in [2.24, 2.45) is 0 Å². The second-order valence-corrected chi connectivity index (χ2v) is 19.1. The molecule has 0 aliphatic heterocycles. The first-order chi connectivity index (χ1) is 32.9. The number of hydrogen-bond donors (Lipinski definition) is 1. The van der Waals surface area contributed by atoms with Crippen LogP contribution in [0.15, 0.2) is 158 Å². The maximum atomic E-state index is 12.6. The fourth-order valence-corrected chi connectivity index (χ4v) is 8.10. The molecule has 2 heterocycles. The third-order valence-electron chi connectivity index (χ3n) is 11.5. The van der Waals surface area contributed by atoms with Crippen LogP contribution < -0.4 is 0 Å². The Labute approximate surface area is 398 Å². The van der Waals surface area contributed by atoms with Gasteiger partial charge < -0.3 is 5.11 Å². The summed E-state index contributed by atoms with van der Waals surface area (Å²) in [5.41, 5.74) is 7.20. The van der Waals surface area contributed by atoms with Crippen molar-refractivity contribution in [1.82, 2.24) is 14.5 Å². The average Bonchev–Trinajstić information content (AvgIpc) is 3.70. The van der Waals surface area contributed by atoms with Crippen LogP contribution in [0.25, 0.3) is 83.5 Å². The van der Waals surface area contributed by atoms with Crippen LogP contribution in [0, 0.1) is 6.07 Å². The number of aromatic hydroxyl groups is 1. The van der Waals surface area contributed by atoms with Crippen LogP contribution in [0.5, 0.6) is 5.75 Å². The summed E-state index contributed by atoms with van der Waals surface area (Å²) in [4.78, 5) is 10.1. The van der Waals surface area contributed by atoms with Gasteiger partial charge in [0.1, 0.15) is 11.6 Å². The number of phenolic OH excluding ortho intramolecular Hbond substituents is 1. The Kier molecular flexibility index (Phi) is 9.04. The first-order valence-electron chi connectivity index (χ1n) is 25.0. The third kappa shape index (κ3) is 8.30. The van der Waals surface area contributed by atoms with E-state index in [0.717, 1.165) is 49.8 Å². The Hall–Kier alpha value is -6.09. The van der Waals surface area contributed by atoms with Gasteiger partial charge >= 0.3 is 0 Å². The fraction of sp³-hybridized carbons (Fsp3) is 0.207. The van der Waals surface area contributed by atoms with Gasteiger partial charge in [-0.25, -0.2) is 4.98 Å². The summed E-state index contributed by atoms with van der Waals surface area (Å²) in [7, 11) is 0. The molecule has 2 aromatic heterocycles. The molecule has 0 atom stereocenters. The number of imidazole rings is 1. The molecule has 7 aromatic carbocycles. The second-order valence-electron chi connectivity index (χ2n) is 19.1. The summed E-state index contributed by atoms with van der Waals surface area (Å²) < 4.78 is 71.9. The molecule has 0 saturated carbocycles. The van der Waals surface area contributed by atoms with E-state index < -0.39 is 53.3 Å². The Morgan fingerprint density at radius 1 is 0.603 bits per heavy atom. The van der Waals surface area contributed by atoms with Gasteiger partial charge in [0.2, 0.25) is 0 Å². The number of hydrogen-bond acceptors (Lipinski definition) is 3. The van der Waals surface area contributed by atoms with Crippen molar-refractivity contribution >= 4 is 21.8 Å². The molecule has 4 nitrogen and oxygen atoms in total.